The molecule has 2 fully saturated rings. The molecule has 0 radical (unpaired) electrons. The molecule has 2 aliphatic heterocycles. The van der Waals surface area contributed by atoms with Gasteiger partial charge in [-0.3, -0.25) is 48.1 Å². The van der Waals surface area contributed by atoms with E-state index in [9.17, 15) is 61.4 Å². The molecule has 0 saturated carbocycles. The first-order chi connectivity index (χ1) is 41.6. The number of halogens is 3. The summed E-state index contributed by atoms with van der Waals surface area (Å²) in [7, 11) is 0. The molecule has 27 nitrogen and oxygen atoms in total. The highest BCUT2D eigenvalue weighted by atomic mass is 19.4. The number of carbonyl (C=O) groups is 10. The van der Waals surface area contributed by atoms with Crippen molar-refractivity contribution in [1.82, 2.24) is 62.4 Å². The van der Waals surface area contributed by atoms with E-state index >= 15 is 0 Å². The van der Waals surface area contributed by atoms with Crippen LogP contribution in [0.15, 0.2) is 72.2 Å². The van der Waals surface area contributed by atoms with Crippen LogP contribution in [-0.2, 0) is 67.2 Å². The largest absolute Gasteiger partial charge is 0.508 e. The van der Waals surface area contributed by atoms with E-state index in [4.69, 9.17) is 21.4 Å². The monoisotopic (exact) mass is 1240 g/mol. The minimum absolute atomic E-state index is 0.0488. The molecule has 6 rings (SSSR count). The van der Waals surface area contributed by atoms with Crippen molar-refractivity contribution in [2.75, 3.05) is 19.6 Å². The Morgan fingerprint density at radius 1 is 0.739 bits per heavy atom. The van der Waals surface area contributed by atoms with Crippen molar-refractivity contribution in [2.24, 2.45) is 28.3 Å². The van der Waals surface area contributed by atoms with Gasteiger partial charge in [-0.1, -0.05) is 58.0 Å². The number of fused-ring (bicyclic) bond motifs is 1. The quantitative estimate of drug-likeness (QED) is 0.0202. The summed E-state index contributed by atoms with van der Waals surface area (Å²) in [6, 6.07) is 4.08. The van der Waals surface area contributed by atoms with Gasteiger partial charge in [-0.25, -0.2) is 9.78 Å². The number of carbonyl (C=O) groups excluding carboxylic acids is 9. The number of alkyl halides is 3. The molecule has 9 amide bonds. The number of aromatic amines is 2. The highest BCUT2D eigenvalue weighted by Gasteiger charge is 2.41. The second-order valence-corrected chi connectivity index (χ2v) is 22.3. The zero-order chi connectivity index (χ0) is 64.8. The van der Waals surface area contributed by atoms with Gasteiger partial charge in [-0.05, 0) is 93.0 Å². The number of para-hydroxylation sites is 1. The number of likely N-dealkylation sites (tertiary alicyclic amines) is 1. The maximum atomic E-state index is 14.9. The lowest BCUT2D eigenvalue weighted by atomic mass is 9.98. The lowest BCUT2D eigenvalue weighted by Gasteiger charge is -2.31. The number of aromatic nitrogens is 3. The number of imidazole rings is 1. The second kappa shape index (κ2) is 33.0. The number of hydrogen-bond donors (Lipinski definition) is 14. The molecule has 8 atom stereocenters. The number of amides is 9. The summed E-state index contributed by atoms with van der Waals surface area (Å²) >= 11 is 0. The number of carboxylic acids is 1. The van der Waals surface area contributed by atoms with E-state index in [0.717, 1.165) is 10.9 Å². The van der Waals surface area contributed by atoms with Crippen LogP contribution in [0.3, 0.4) is 0 Å². The average Bonchev–Trinajstić information content (AvgIpc) is 4.55. The Bertz CT molecular complexity index is 3080. The first-order valence-corrected chi connectivity index (χ1v) is 29.0. The molecule has 0 bridgehead atoms. The Hall–Kier alpha value is -9.25. The van der Waals surface area contributed by atoms with Gasteiger partial charge in [-0.2, -0.15) is 13.2 Å². The Kier molecular flexibility index (Phi) is 26.1. The number of aliphatic carboxylic acids is 1. The Morgan fingerprint density at radius 2 is 1.30 bits per heavy atom. The fourth-order valence-electron chi connectivity index (χ4n) is 10.0. The molecule has 30 heteroatoms. The number of guanidine groups is 1. The van der Waals surface area contributed by atoms with Crippen LogP contribution in [0, 0.1) is 11.8 Å². The molecule has 88 heavy (non-hydrogen) atoms. The van der Waals surface area contributed by atoms with Gasteiger partial charge in [0.2, 0.25) is 53.2 Å². The minimum Gasteiger partial charge on any atom is -0.508 e. The number of benzene rings is 2. The van der Waals surface area contributed by atoms with E-state index in [1.807, 2.05) is 52.0 Å². The van der Waals surface area contributed by atoms with E-state index in [1.54, 1.807) is 25.3 Å². The first-order valence-electron chi connectivity index (χ1n) is 29.0. The summed E-state index contributed by atoms with van der Waals surface area (Å²) in [4.78, 5) is 151. The molecule has 2 aromatic carbocycles. The van der Waals surface area contributed by atoms with Crippen LogP contribution >= 0.6 is 0 Å². The van der Waals surface area contributed by atoms with Gasteiger partial charge in [0.25, 0.3) is 0 Å². The number of nitrogens with one attached hydrogen (secondary N) is 10. The standard InChI is InChI=1S/C56H79N15O10.C2HF3O2/c1-6-60-54(80)46-14-10-22-71(46)55(81)40(13-9-21-61-56(57)58)65-49(75)41(23-31(2)3)66-50(76)42(24-32(4)5)67-51(77)43(25-33-15-17-36(72)18-16-33)68-52(78)44(26-34-28-62-38-12-8-7-11-37(34)38)69-53(79)45(27-35-29-59-30-63-35)70-48(74)39-19-20-47(73)64-39;3-2(4,5)1(6)7/h7-8,11-12,15-18,28-32,39-46,62,72H,6,9-10,13-14,19-27H2,1-5H3,(H,59,63)(H,60,80)(H,64,73)(H,65,75)(H,66,76)(H,67,77)(H,68,78)(H,69,79)(H,70,74)(H4,57,58,61);(H,6,7)/t39-,40-,41-,42+,43-,44-,45-,46-;/m0./s1. The minimum atomic E-state index is -5.08. The molecule has 2 saturated heterocycles. The molecule has 0 spiro atoms. The number of nitrogens with zero attached hydrogens (tertiary/aromatic N) is 3. The van der Waals surface area contributed by atoms with Crippen molar-refractivity contribution < 1.29 is 71.3 Å². The van der Waals surface area contributed by atoms with Crippen LogP contribution in [0.25, 0.3) is 10.9 Å². The molecule has 2 aromatic heterocycles. The fraction of sp³-hybridized carbons (Fsp3) is 0.517. The van der Waals surface area contributed by atoms with Crippen molar-refractivity contribution in [1.29, 1.82) is 0 Å². The van der Waals surface area contributed by atoms with Crippen LogP contribution in [0.2, 0.25) is 0 Å². The van der Waals surface area contributed by atoms with Crippen molar-refractivity contribution >= 4 is 76.0 Å². The van der Waals surface area contributed by atoms with Gasteiger partial charge >= 0.3 is 12.1 Å². The normalized spacial score (nSPS) is 16.8. The first kappa shape index (κ1) is 69.5. The summed E-state index contributed by atoms with van der Waals surface area (Å²) in [6.45, 7) is 10.0. The van der Waals surface area contributed by atoms with Gasteiger partial charge < -0.3 is 79.1 Å². The number of phenols is 1. The van der Waals surface area contributed by atoms with Gasteiger partial charge in [0, 0.05) is 74.3 Å². The van der Waals surface area contributed by atoms with Gasteiger partial charge in [0.05, 0.1) is 6.33 Å². The van der Waals surface area contributed by atoms with Crippen molar-refractivity contribution in [3.05, 3.63) is 84.1 Å². The third kappa shape index (κ3) is 21.6. The highest BCUT2D eigenvalue weighted by Crippen LogP contribution is 2.23. The van der Waals surface area contributed by atoms with E-state index in [1.165, 1.54) is 29.6 Å². The van der Waals surface area contributed by atoms with E-state index < -0.39 is 102 Å². The molecule has 0 aliphatic carbocycles. The number of H-pyrrole nitrogens is 2. The van der Waals surface area contributed by atoms with Crippen molar-refractivity contribution in [2.45, 2.75) is 160 Å². The smallest absolute Gasteiger partial charge is 0.490 e. The molecule has 4 heterocycles. The van der Waals surface area contributed by atoms with Crippen LogP contribution in [0.5, 0.6) is 5.75 Å². The SMILES string of the molecule is CCNC(=O)[C@@H]1CCCN1C(=O)[C@H](CCCN=C(N)N)NC(=O)[C@H](CC(C)C)NC(=O)[C@@H](CC(C)C)NC(=O)[C@H](Cc1ccc(O)cc1)NC(=O)[C@H](Cc1c[nH]c2ccccc12)NC(=O)[C@H](Cc1cnc[nH]1)NC(=O)[C@@H]1CCC(=O)N1.O=C(O)C(F)(F)F. The molecular weight excluding hydrogens is 1160 g/mol. The number of carboxylic acid groups (broad SMARTS) is 1. The topological polar surface area (TPSA) is 420 Å². The summed E-state index contributed by atoms with van der Waals surface area (Å²) in [5.74, 6) is -8.68. The predicted octanol–water partition coefficient (Wildman–Crippen LogP) is 0.718. The van der Waals surface area contributed by atoms with Gasteiger partial charge in [0.15, 0.2) is 5.96 Å². The van der Waals surface area contributed by atoms with Crippen LogP contribution in [0.4, 0.5) is 13.2 Å². The highest BCUT2D eigenvalue weighted by molar-refractivity contribution is 5.99. The molecule has 16 N–H and O–H groups in total. The number of likely N-dealkylation sites (N-methyl/N-ethyl adjacent to an activating group) is 1. The van der Waals surface area contributed by atoms with Crippen molar-refractivity contribution in [3.8, 4) is 5.75 Å². The number of rotatable bonds is 29. The zero-order valence-corrected chi connectivity index (χ0v) is 49.6. The van der Waals surface area contributed by atoms with E-state index in [-0.39, 0.29) is 93.3 Å². The molecule has 2 aliphatic rings. The van der Waals surface area contributed by atoms with Crippen LogP contribution in [0.1, 0.15) is 103 Å². The summed E-state index contributed by atoms with van der Waals surface area (Å²) in [5.41, 5.74) is 13.5. The Balaban J connectivity index is 0.00000190. The van der Waals surface area contributed by atoms with Gasteiger partial charge in [-0.15, -0.1) is 0 Å². The fourth-order valence-corrected chi connectivity index (χ4v) is 10.0. The third-order valence-electron chi connectivity index (χ3n) is 14.3. The Labute approximate surface area is 505 Å². The Morgan fingerprint density at radius 3 is 1.83 bits per heavy atom. The van der Waals surface area contributed by atoms with Crippen LogP contribution in [-0.4, -0.2) is 169 Å². The lowest BCUT2D eigenvalue weighted by Crippen LogP contribution is -2.61. The van der Waals surface area contributed by atoms with E-state index in [2.05, 4.69) is 62.5 Å². The number of phenolic OH excluding ortho intramolecular Hbond substituents is 1. The summed E-state index contributed by atoms with van der Waals surface area (Å²) in [5, 5.41) is 40.4. The number of aliphatic imine (C=N–C) groups is 1. The lowest BCUT2D eigenvalue weighted by molar-refractivity contribution is -0.192. The summed E-state index contributed by atoms with van der Waals surface area (Å²) in [6.07, 6.45) is 1.22. The number of aromatic hydroxyl groups is 1. The average molecular weight is 1240 g/mol. The third-order valence-corrected chi connectivity index (χ3v) is 14.3. The second-order valence-electron chi connectivity index (χ2n) is 22.3. The van der Waals surface area contributed by atoms with Crippen LogP contribution < -0.4 is 54.0 Å². The van der Waals surface area contributed by atoms with Crippen molar-refractivity contribution in [3.63, 3.8) is 0 Å². The molecule has 480 valence electrons. The summed E-state index contributed by atoms with van der Waals surface area (Å²) < 4.78 is 31.7. The molecule has 0 unspecified atom stereocenters. The van der Waals surface area contributed by atoms with E-state index in [0.29, 0.717) is 49.2 Å². The predicted molar refractivity (Wildman–Crippen MR) is 315 cm³/mol. The molecular formula is C58H80F3N15O12. The maximum absolute atomic E-state index is 14.9. The number of nitrogens with two attached hydrogens (primary N) is 2. The number of hydrogen-bond acceptors (Lipinski definition) is 13. The van der Waals surface area contributed by atoms with Gasteiger partial charge in [0.1, 0.15) is 54.1 Å². The zero-order valence-electron chi connectivity index (χ0n) is 49.6. The molecule has 4 aromatic rings. The maximum Gasteiger partial charge on any atom is 0.490 e.